The van der Waals surface area contributed by atoms with Gasteiger partial charge in [0.1, 0.15) is 29.4 Å². The van der Waals surface area contributed by atoms with Gasteiger partial charge in [0.25, 0.3) is 5.56 Å². The molecule has 1 aromatic carbocycles. The van der Waals surface area contributed by atoms with Crippen LogP contribution >= 0.6 is 11.6 Å². The largest absolute Gasteiger partial charge is 0.373 e. The fourth-order valence-corrected chi connectivity index (χ4v) is 3.58. The molecule has 0 aliphatic carbocycles. The highest BCUT2D eigenvalue weighted by molar-refractivity contribution is 6.30. The summed E-state index contributed by atoms with van der Waals surface area (Å²) in [7, 11) is 3.40. The normalized spacial score (nSPS) is 15.1. The summed E-state index contributed by atoms with van der Waals surface area (Å²) in [5, 5.41) is 4.01. The van der Waals surface area contributed by atoms with Crippen LogP contribution in [0.3, 0.4) is 0 Å². The van der Waals surface area contributed by atoms with E-state index in [-0.39, 0.29) is 46.4 Å². The molecule has 0 bridgehead atoms. The number of aromatic nitrogens is 6. The standard InChI is InChI=1S/C18H15ClF3N5O2.C4H6N2/c1-9-23-14-13(11-4-3-10(19)7-12(11)20)24-17(25-15(14)16(28)26(9)2)27-5-6-29-18(21,22)8-27;1-6-4-2-3-5-6/h3-4,7H,5-6,8H2,1-2H3;2-4H,1H3. The van der Waals surface area contributed by atoms with E-state index in [2.05, 4.69) is 24.8 Å². The molecule has 3 aromatic heterocycles. The molecule has 0 radical (unpaired) electrons. The number of hydrogen-bond acceptors (Lipinski definition) is 7. The quantitative estimate of drug-likeness (QED) is 0.411. The molecule has 1 aliphatic heterocycles. The van der Waals surface area contributed by atoms with Crippen LogP contribution in [-0.2, 0) is 18.8 Å². The average Bonchev–Trinajstić information content (AvgIpc) is 3.28. The van der Waals surface area contributed by atoms with Crippen LogP contribution in [0, 0.1) is 12.7 Å². The van der Waals surface area contributed by atoms with Gasteiger partial charge in [0.2, 0.25) is 5.95 Å². The first-order valence-electron chi connectivity index (χ1n) is 10.5. The topological polar surface area (TPSA) is 91.0 Å². The Hall–Kier alpha value is -3.51. The van der Waals surface area contributed by atoms with E-state index in [1.54, 1.807) is 17.8 Å². The number of benzene rings is 1. The Labute approximate surface area is 202 Å². The van der Waals surface area contributed by atoms with E-state index in [1.807, 2.05) is 19.3 Å². The average molecular weight is 508 g/mol. The molecule has 1 fully saturated rings. The summed E-state index contributed by atoms with van der Waals surface area (Å²) in [6.07, 6.45) is 0.249. The number of alkyl halides is 2. The summed E-state index contributed by atoms with van der Waals surface area (Å²) in [6, 6.07) is 5.84. The van der Waals surface area contributed by atoms with Crippen molar-refractivity contribution in [2.75, 3.05) is 24.6 Å². The number of nitrogens with zero attached hydrogens (tertiary/aromatic N) is 7. The molecule has 4 aromatic rings. The van der Waals surface area contributed by atoms with Gasteiger partial charge in [-0.05, 0) is 31.2 Å². The molecule has 0 spiro atoms. The zero-order valence-corrected chi connectivity index (χ0v) is 19.8. The fourth-order valence-electron chi connectivity index (χ4n) is 3.42. The van der Waals surface area contributed by atoms with E-state index >= 15 is 0 Å². The lowest BCUT2D eigenvalue weighted by Gasteiger charge is -2.32. The third-order valence-corrected chi connectivity index (χ3v) is 5.53. The molecule has 35 heavy (non-hydrogen) atoms. The summed E-state index contributed by atoms with van der Waals surface area (Å²) >= 11 is 5.83. The van der Waals surface area contributed by atoms with Gasteiger partial charge in [0.05, 0.1) is 6.61 Å². The first-order valence-corrected chi connectivity index (χ1v) is 10.8. The maximum Gasteiger partial charge on any atom is 0.373 e. The van der Waals surface area contributed by atoms with Crippen molar-refractivity contribution >= 4 is 28.6 Å². The number of morpholine rings is 1. The monoisotopic (exact) mass is 507 g/mol. The lowest BCUT2D eigenvalue weighted by molar-refractivity contribution is -0.240. The SMILES string of the molecule is Cc1nc2c(-c3ccc(Cl)cc3F)nc(N3CCOC(F)(F)C3)nc2c(=O)n1C.Cn1cccn1. The minimum absolute atomic E-state index is 0.0229. The van der Waals surface area contributed by atoms with E-state index in [1.165, 1.54) is 28.6 Å². The second-order valence-electron chi connectivity index (χ2n) is 7.80. The van der Waals surface area contributed by atoms with E-state index < -0.39 is 24.0 Å². The van der Waals surface area contributed by atoms with Crippen LogP contribution in [0.15, 0.2) is 41.5 Å². The Morgan fingerprint density at radius 2 is 1.91 bits per heavy atom. The Morgan fingerprint density at radius 3 is 2.51 bits per heavy atom. The highest BCUT2D eigenvalue weighted by atomic mass is 35.5. The third kappa shape index (κ3) is 5.28. The predicted octanol–water partition coefficient (Wildman–Crippen LogP) is 3.34. The molecule has 184 valence electrons. The molecule has 1 saturated heterocycles. The summed E-state index contributed by atoms with van der Waals surface area (Å²) in [4.78, 5) is 26.8. The zero-order valence-electron chi connectivity index (χ0n) is 19.0. The van der Waals surface area contributed by atoms with Gasteiger partial charge in [-0.25, -0.2) is 19.3 Å². The van der Waals surface area contributed by atoms with Crippen LogP contribution in [0.1, 0.15) is 5.82 Å². The van der Waals surface area contributed by atoms with Crippen molar-refractivity contribution < 1.29 is 17.9 Å². The van der Waals surface area contributed by atoms with Gasteiger partial charge in [0.15, 0.2) is 5.52 Å². The maximum atomic E-state index is 14.6. The van der Waals surface area contributed by atoms with E-state index in [4.69, 9.17) is 11.6 Å². The number of rotatable bonds is 2. The Kier molecular flexibility index (Phi) is 6.77. The summed E-state index contributed by atoms with van der Waals surface area (Å²) in [5.74, 6) is -0.448. The lowest BCUT2D eigenvalue weighted by Crippen LogP contribution is -2.47. The van der Waals surface area contributed by atoms with Crippen molar-refractivity contribution in [2.24, 2.45) is 14.1 Å². The highest BCUT2D eigenvalue weighted by Crippen LogP contribution is 2.31. The van der Waals surface area contributed by atoms with Crippen molar-refractivity contribution in [3.05, 3.63) is 63.7 Å². The summed E-state index contributed by atoms with van der Waals surface area (Å²) in [6.45, 7) is 0.659. The van der Waals surface area contributed by atoms with Crippen molar-refractivity contribution in [1.82, 2.24) is 29.3 Å². The van der Waals surface area contributed by atoms with Crippen LogP contribution in [0.2, 0.25) is 5.02 Å². The summed E-state index contributed by atoms with van der Waals surface area (Å²) in [5.41, 5.74) is -0.456. The third-order valence-electron chi connectivity index (χ3n) is 5.29. The molecule has 13 heteroatoms. The number of hydrogen-bond donors (Lipinski definition) is 0. The van der Waals surface area contributed by atoms with E-state index in [0.29, 0.717) is 5.82 Å². The molecule has 5 rings (SSSR count). The molecule has 9 nitrogen and oxygen atoms in total. The molecular formula is C22H21ClF3N7O2. The number of halogens is 4. The van der Waals surface area contributed by atoms with Crippen LogP contribution in [0.4, 0.5) is 19.1 Å². The molecule has 1 aliphatic rings. The van der Waals surface area contributed by atoms with Gasteiger partial charge in [0, 0.05) is 43.6 Å². The molecule has 0 saturated carbocycles. The van der Waals surface area contributed by atoms with Gasteiger partial charge < -0.3 is 9.64 Å². The number of fused-ring (bicyclic) bond motifs is 1. The second-order valence-corrected chi connectivity index (χ2v) is 8.24. The number of anilines is 1. The maximum absolute atomic E-state index is 14.6. The Morgan fingerprint density at radius 1 is 1.14 bits per heavy atom. The van der Waals surface area contributed by atoms with Crippen molar-refractivity contribution in [3.8, 4) is 11.3 Å². The molecular weight excluding hydrogens is 487 g/mol. The molecule has 0 atom stereocenters. The minimum atomic E-state index is -3.39. The van der Waals surface area contributed by atoms with Gasteiger partial charge in [-0.2, -0.15) is 13.9 Å². The van der Waals surface area contributed by atoms with Gasteiger partial charge in [-0.3, -0.25) is 14.0 Å². The van der Waals surface area contributed by atoms with Crippen molar-refractivity contribution in [1.29, 1.82) is 0 Å². The first-order chi connectivity index (χ1) is 16.6. The molecule has 0 unspecified atom stereocenters. The smallest absolute Gasteiger partial charge is 0.330 e. The molecule has 0 N–H and O–H groups in total. The van der Waals surface area contributed by atoms with E-state index in [9.17, 15) is 18.0 Å². The van der Waals surface area contributed by atoms with Gasteiger partial charge in [-0.1, -0.05) is 11.6 Å². The fraction of sp³-hybridized carbons (Fsp3) is 0.318. The number of aryl methyl sites for hydroxylation is 2. The number of ether oxygens (including phenoxy) is 1. The van der Waals surface area contributed by atoms with Crippen LogP contribution in [0.5, 0.6) is 0 Å². The summed E-state index contributed by atoms with van der Waals surface area (Å²) < 4.78 is 49.5. The van der Waals surface area contributed by atoms with Crippen LogP contribution in [0.25, 0.3) is 22.3 Å². The van der Waals surface area contributed by atoms with Gasteiger partial charge in [-0.15, -0.1) is 0 Å². The van der Waals surface area contributed by atoms with Crippen LogP contribution < -0.4 is 10.5 Å². The van der Waals surface area contributed by atoms with Crippen molar-refractivity contribution in [3.63, 3.8) is 0 Å². The zero-order chi connectivity index (χ0) is 25.3. The Bertz CT molecular complexity index is 1430. The van der Waals surface area contributed by atoms with E-state index in [0.717, 1.165) is 6.07 Å². The molecule has 4 heterocycles. The van der Waals surface area contributed by atoms with Crippen LogP contribution in [-0.4, -0.2) is 55.1 Å². The second kappa shape index (κ2) is 9.62. The first kappa shape index (κ1) is 24.6. The molecule has 0 amide bonds. The highest BCUT2D eigenvalue weighted by Gasteiger charge is 2.38. The van der Waals surface area contributed by atoms with Gasteiger partial charge >= 0.3 is 6.11 Å². The lowest BCUT2D eigenvalue weighted by atomic mass is 10.1. The Balaban J connectivity index is 0.000000421. The predicted molar refractivity (Wildman–Crippen MR) is 124 cm³/mol. The van der Waals surface area contributed by atoms with Crippen molar-refractivity contribution in [2.45, 2.75) is 13.0 Å². The minimum Gasteiger partial charge on any atom is -0.330 e.